The second-order valence-corrected chi connectivity index (χ2v) is 3.72. The summed E-state index contributed by atoms with van der Waals surface area (Å²) in [4.78, 5) is 10.3. The first kappa shape index (κ1) is 12.4. The van der Waals surface area contributed by atoms with Gasteiger partial charge in [0.1, 0.15) is 5.69 Å². The van der Waals surface area contributed by atoms with Gasteiger partial charge in [-0.25, -0.2) is 0 Å². The fourth-order valence-electron chi connectivity index (χ4n) is 1.30. The lowest BCUT2D eigenvalue weighted by Crippen LogP contribution is -2.03. The molecule has 0 aromatic heterocycles. The van der Waals surface area contributed by atoms with E-state index in [0.29, 0.717) is 12.3 Å². The highest BCUT2D eigenvalue weighted by atomic mass is 16.6. The Morgan fingerprint density at radius 3 is 2.69 bits per heavy atom. The van der Waals surface area contributed by atoms with Crippen LogP contribution in [0.4, 0.5) is 11.4 Å². The second kappa shape index (κ2) is 5.46. The number of nitrogens with one attached hydrogen (secondary N) is 1. The van der Waals surface area contributed by atoms with E-state index in [9.17, 15) is 10.1 Å². The fraction of sp³-hybridized carbons (Fsp3) is 0.455. The number of hydrogen-bond donors (Lipinski definition) is 1. The van der Waals surface area contributed by atoms with Crippen LogP contribution in [-0.4, -0.2) is 18.1 Å². The highest BCUT2D eigenvalue weighted by molar-refractivity contribution is 5.62. The van der Waals surface area contributed by atoms with Gasteiger partial charge in [-0.2, -0.15) is 0 Å². The van der Waals surface area contributed by atoms with Crippen LogP contribution in [0, 0.1) is 10.1 Å². The molecule has 1 rings (SSSR count). The smallest absolute Gasteiger partial charge is 0.292 e. The topological polar surface area (TPSA) is 64.4 Å². The Morgan fingerprint density at radius 1 is 1.50 bits per heavy atom. The zero-order chi connectivity index (χ0) is 12.1. The molecule has 0 saturated carbocycles. The second-order valence-electron chi connectivity index (χ2n) is 3.72. The summed E-state index contributed by atoms with van der Waals surface area (Å²) in [5.74, 6) is 0. The van der Waals surface area contributed by atoms with E-state index < -0.39 is 4.92 Å². The summed E-state index contributed by atoms with van der Waals surface area (Å²) in [6, 6.07) is 4.94. The van der Waals surface area contributed by atoms with Gasteiger partial charge >= 0.3 is 0 Å². The Morgan fingerprint density at radius 2 is 2.19 bits per heavy atom. The zero-order valence-electron chi connectivity index (χ0n) is 9.69. The van der Waals surface area contributed by atoms with Gasteiger partial charge in [0.15, 0.2) is 0 Å². The van der Waals surface area contributed by atoms with Crippen molar-refractivity contribution in [3.8, 4) is 0 Å². The Labute approximate surface area is 94.6 Å². The van der Waals surface area contributed by atoms with Crippen LogP contribution in [0.15, 0.2) is 18.2 Å². The van der Waals surface area contributed by atoms with Crippen LogP contribution in [0.5, 0.6) is 0 Å². The standard InChI is InChI=1S/C11H16N2O3/c1-8(2)16-7-9-4-5-11(13(14)15)10(6-9)12-3/h4-6,8,12H,7H2,1-3H3. The van der Waals surface area contributed by atoms with Crippen molar-refractivity contribution < 1.29 is 9.66 Å². The maximum absolute atomic E-state index is 10.7. The van der Waals surface area contributed by atoms with Crippen LogP contribution in [0.3, 0.4) is 0 Å². The van der Waals surface area contributed by atoms with E-state index in [-0.39, 0.29) is 11.8 Å². The van der Waals surface area contributed by atoms with E-state index in [1.54, 1.807) is 19.2 Å². The molecule has 5 nitrogen and oxygen atoms in total. The minimum absolute atomic E-state index is 0.0794. The maximum atomic E-state index is 10.7. The summed E-state index contributed by atoms with van der Waals surface area (Å²) in [6.07, 6.45) is 0.147. The number of nitrogens with zero attached hydrogens (tertiary/aromatic N) is 1. The molecule has 0 bridgehead atoms. The largest absolute Gasteiger partial charge is 0.383 e. The molecule has 0 aliphatic carbocycles. The van der Waals surface area contributed by atoms with Crippen LogP contribution in [0.25, 0.3) is 0 Å². The van der Waals surface area contributed by atoms with Crippen LogP contribution >= 0.6 is 0 Å². The van der Waals surface area contributed by atoms with Crippen LogP contribution in [0.1, 0.15) is 19.4 Å². The molecule has 0 atom stereocenters. The fourth-order valence-corrected chi connectivity index (χ4v) is 1.30. The number of nitro groups is 1. The van der Waals surface area contributed by atoms with Gasteiger partial charge in [0.25, 0.3) is 5.69 Å². The van der Waals surface area contributed by atoms with Crippen molar-refractivity contribution in [2.75, 3.05) is 12.4 Å². The maximum Gasteiger partial charge on any atom is 0.292 e. The summed E-state index contributed by atoms with van der Waals surface area (Å²) in [7, 11) is 1.66. The Bertz CT molecular complexity index is 377. The average Bonchev–Trinajstić information content (AvgIpc) is 2.25. The zero-order valence-corrected chi connectivity index (χ0v) is 9.69. The molecule has 1 N–H and O–H groups in total. The average molecular weight is 224 g/mol. The summed E-state index contributed by atoms with van der Waals surface area (Å²) < 4.78 is 5.43. The molecule has 5 heteroatoms. The predicted molar refractivity (Wildman–Crippen MR) is 62.6 cm³/mol. The van der Waals surface area contributed by atoms with Crippen LogP contribution < -0.4 is 5.32 Å². The summed E-state index contributed by atoms with van der Waals surface area (Å²) in [5.41, 5.74) is 1.51. The van der Waals surface area contributed by atoms with Crippen molar-refractivity contribution >= 4 is 11.4 Å². The highest BCUT2D eigenvalue weighted by Crippen LogP contribution is 2.25. The monoisotopic (exact) mass is 224 g/mol. The lowest BCUT2D eigenvalue weighted by molar-refractivity contribution is -0.384. The van der Waals surface area contributed by atoms with Gasteiger partial charge in [-0.05, 0) is 31.5 Å². The molecule has 16 heavy (non-hydrogen) atoms. The number of anilines is 1. The van der Waals surface area contributed by atoms with Gasteiger partial charge in [-0.15, -0.1) is 0 Å². The number of nitro benzene ring substituents is 1. The third-order valence-electron chi connectivity index (χ3n) is 2.11. The minimum atomic E-state index is -0.404. The van der Waals surface area contributed by atoms with E-state index in [1.807, 2.05) is 13.8 Å². The molecule has 0 aliphatic heterocycles. The Balaban J connectivity index is 2.86. The molecule has 0 aliphatic rings. The first-order chi connectivity index (χ1) is 7.54. The van der Waals surface area contributed by atoms with Crippen molar-refractivity contribution in [1.29, 1.82) is 0 Å². The quantitative estimate of drug-likeness (QED) is 0.616. The normalized spacial score (nSPS) is 10.5. The SMILES string of the molecule is CNc1cc(COC(C)C)ccc1[N+](=O)[O-]. The van der Waals surface area contributed by atoms with E-state index in [0.717, 1.165) is 5.56 Å². The van der Waals surface area contributed by atoms with E-state index >= 15 is 0 Å². The van der Waals surface area contributed by atoms with Gasteiger partial charge < -0.3 is 10.1 Å². The third-order valence-corrected chi connectivity index (χ3v) is 2.11. The lowest BCUT2D eigenvalue weighted by Gasteiger charge is -2.09. The van der Waals surface area contributed by atoms with Crippen molar-refractivity contribution in [2.24, 2.45) is 0 Å². The summed E-state index contributed by atoms with van der Waals surface area (Å²) >= 11 is 0. The van der Waals surface area contributed by atoms with Crippen LogP contribution in [0.2, 0.25) is 0 Å². The molecular formula is C11H16N2O3. The van der Waals surface area contributed by atoms with Gasteiger partial charge in [-0.1, -0.05) is 0 Å². The van der Waals surface area contributed by atoms with Crippen LogP contribution in [-0.2, 0) is 11.3 Å². The lowest BCUT2D eigenvalue weighted by atomic mass is 10.2. The van der Waals surface area contributed by atoms with Crippen molar-refractivity contribution in [1.82, 2.24) is 0 Å². The predicted octanol–water partition coefficient (Wildman–Crippen LogP) is 2.56. The Kier molecular flexibility index (Phi) is 4.25. The van der Waals surface area contributed by atoms with Crippen molar-refractivity contribution in [3.05, 3.63) is 33.9 Å². The van der Waals surface area contributed by atoms with Gasteiger partial charge in [-0.3, -0.25) is 10.1 Å². The molecule has 1 aromatic rings. The first-order valence-electron chi connectivity index (χ1n) is 5.11. The third kappa shape index (κ3) is 3.20. The molecule has 0 saturated heterocycles. The van der Waals surface area contributed by atoms with E-state index in [2.05, 4.69) is 5.32 Å². The number of benzene rings is 1. The molecule has 0 heterocycles. The number of rotatable bonds is 5. The van der Waals surface area contributed by atoms with Crippen molar-refractivity contribution in [2.45, 2.75) is 26.6 Å². The number of ether oxygens (including phenoxy) is 1. The van der Waals surface area contributed by atoms with Gasteiger partial charge in [0.05, 0.1) is 17.6 Å². The molecule has 0 spiro atoms. The van der Waals surface area contributed by atoms with Gasteiger partial charge in [0, 0.05) is 13.1 Å². The molecule has 88 valence electrons. The molecule has 0 unspecified atom stereocenters. The number of hydrogen-bond acceptors (Lipinski definition) is 4. The summed E-state index contributed by atoms with van der Waals surface area (Å²) in [6.45, 7) is 4.36. The van der Waals surface area contributed by atoms with Gasteiger partial charge in [0.2, 0.25) is 0 Å². The van der Waals surface area contributed by atoms with E-state index in [1.165, 1.54) is 6.07 Å². The van der Waals surface area contributed by atoms with E-state index in [4.69, 9.17) is 4.74 Å². The molecule has 0 amide bonds. The minimum Gasteiger partial charge on any atom is -0.383 e. The molecule has 1 aromatic carbocycles. The molecular weight excluding hydrogens is 208 g/mol. The Hall–Kier alpha value is -1.62. The van der Waals surface area contributed by atoms with Crippen molar-refractivity contribution in [3.63, 3.8) is 0 Å². The molecule has 0 radical (unpaired) electrons. The molecule has 0 fully saturated rings. The first-order valence-corrected chi connectivity index (χ1v) is 5.11. The summed E-state index contributed by atoms with van der Waals surface area (Å²) in [5, 5.41) is 13.5. The highest BCUT2D eigenvalue weighted by Gasteiger charge is 2.12.